The van der Waals surface area contributed by atoms with Crippen molar-refractivity contribution in [3.63, 3.8) is 0 Å². The maximum Gasteiger partial charge on any atom is 0.255 e. The summed E-state index contributed by atoms with van der Waals surface area (Å²) in [5, 5.41) is 15.2. The predicted octanol–water partition coefficient (Wildman–Crippen LogP) is 3.29. The largest absolute Gasteiger partial charge is 0.361 e. The van der Waals surface area contributed by atoms with Crippen LogP contribution in [0.25, 0.3) is 0 Å². The summed E-state index contributed by atoms with van der Waals surface area (Å²) in [4.78, 5) is 18.6. The number of carbonyl (C=O) groups is 1. The number of piperidine rings is 1. The summed E-state index contributed by atoms with van der Waals surface area (Å²) in [6, 6.07) is 2.32. The summed E-state index contributed by atoms with van der Waals surface area (Å²) < 4.78 is 5.28. The number of fused-ring (bicyclic) bond motifs is 1. The normalized spacial score (nSPS) is 20.3. The van der Waals surface area contributed by atoms with Crippen LogP contribution in [0.3, 0.4) is 0 Å². The third-order valence-electron chi connectivity index (χ3n) is 5.71. The zero-order valence-corrected chi connectivity index (χ0v) is 16.6. The monoisotopic (exact) mass is 384 g/mol. The average molecular weight is 385 g/mol. The van der Waals surface area contributed by atoms with Crippen LogP contribution in [0.4, 0.5) is 0 Å². The highest BCUT2D eigenvalue weighted by Crippen LogP contribution is 2.31. The van der Waals surface area contributed by atoms with Gasteiger partial charge in [-0.25, -0.2) is 0 Å². The standard InChI is InChI=1S/C20H24N4O2S/c1-13-17(14(2)26-22-13)10-23-7-5-16-18(12-27-19(16)11-23)20(25)24-6-3-4-15(8-21)9-24/h12,15H,3-7,9-11H2,1-2H3. The molecule has 27 heavy (non-hydrogen) atoms. The Hall–Kier alpha value is -2.17. The third kappa shape index (κ3) is 3.52. The van der Waals surface area contributed by atoms with Crippen LogP contribution in [0.15, 0.2) is 9.90 Å². The Morgan fingerprint density at radius 2 is 2.30 bits per heavy atom. The first kappa shape index (κ1) is 18.2. The minimum Gasteiger partial charge on any atom is -0.361 e. The Labute approximate surface area is 163 Å². The molecule has 0 spiro atoms. The fraction of sp³-hybridized carbons (Fsp3) is 0.550. The molecule has 0 N–H and O–H groups in total. The van der Waals surface area contributed by atoms with E-state index in [0.717, 1.165) is 62.5 Å². The van der Waals surface area contributed by atoms with Gasteiger partial charge in [-0.2, -0.15) is 5.26 Å². The number of nitrogens with zero attached hydrogens (tertiary/aromatic N) is 4. The van der Waals surface area contributed by atoms with Gasteiger partial charge in [0, 0.05) is 48.5 Å². The maximum atomic E-state index is 13.0. The van der Waals surface area contributed by atoms with Crippen LogP contribution < -0.4 is 0 Å². The summed E-state index contributed by atoms with van der Waals surface area (Å²) >= 11 is 1.68. The van der Waals surface area contributed by atoms with E-state index < -0.39 is 0 Å². The molecule has 7 heteroatoms. The number of aromatic nitrogens is 1. The predicted molar refractivity (Wildman–Crippen MR) is 102 cm³/mol. The Morgan fingerprint density at radius 3 is 3.04 bits per heavy atom. The van der Waals surface area contributed by atoms with E-state index in [1.165, 1.54) is 16.0 Å². The molecule has 2 aromatic heterocycles. The molecule has 6 nitrogen and oxygen atoms in total. The van der Waals surface area contributed by atoms with E-state index in [9.17, 15) is 10.1 Å². The van der Waals surface area contributed by atoms with Gasteiger partial charge < -0.3 is 9.42 Å². The van der Waals surface area contributed by atoms with E-state index in [1.54, 1.807) is 11.3 Å². The fourth-order valence-corrected chi connectivity index (χ4v) is 5.20. The molecule has 1 saturated heterocycles. The van der Waals surface area contributed by atoms with Gasteiger partial charge in [-0.3, -0.25) is 9.69 Å². The molecule has 4 heterocycles. The van der Waals surface area contributed by atoms with E-state index in [2.05, 4.69) is 16.1 Å². The van der Waals surface area contributed by atoms with Crippen LogP contribution in [0.2, 0.25) is 0 Å². The molecule has 1 unspecified atom stereocenters. The van der Waals surface area contributed by atoms with E-state index in [0.29, 0.717) is 6.54 Å². The van der Waals surface area contributed by atoms with Crippen LogP contribution in [0.1, 0.15) is 50.7 Å². The summed E-state index contributed by atoms with van der Waals surface area (Å²) in [5.74, 6) is 0.965. The lowest BCUT2D eigenvalue weighted by molar-refractivity contribution is 0.0697. The SMILES string of the molecule is Cc1noc(C)c1CN1CCc2c(C(=O)N3CCCC(C#N)C3)csc2C1. The summed E-state index contributed by atoms with van der Waals surface area (Å²) in [7, 11) is 0. The maximum absolute atomic E-state index is 13.0. The Kier molecular flexibility index (Phi) is 5.02. The van der Waals surface area contributed by atoms with Gasteiger partial charge in [0.25, 0.3) is 5.91 Å². The first-order valence-corrected chi connectivity index (χ1v) is 10.4. The molecule has 142 valence electrons. The number of hydrogen-bond acceptors (Lipinski definition) is 6. The van der Waals surface area contributed by atoms with E-state index in [-0.39, 0.29) is 11.8 Å². The lowest BCUT2D eigenvalue weighted by Gasteiger charge is -2.31. The summed E-state index contributed by atoms with van der Waals surface area (Å²) in [6.07, 6.45) is 2.71. The van der Waals surface area contributed by atoms with Crippen molar-refractivity contribution in [1.29, 1.82) is 5.26 Å². The van der Waals surface area contributed by atoms with Gasteiger partial charge in [-0.05, 0) is 38.7 Å². The van der Waals surface area contributed by atoms with Gasteiger partial charge in [0.1, 0.15) is 5.76 Å². The molecule has 0 aliphatic carbocycles. The zero-order valence-electron chi connectivity index (χ0n) is 15.8. The highest BCUT2D eigenvalue weighted by molar-refractivity contribution is 7.10. The molecule has 1 amide bonds. The molecule has 1 fully saturated rings. The molecule has 2 aliphatic heterocycles. The summed E-state index contributed by atoms with van der Waals surface area (Å²) in [5.41, 5.74) is 4.18. The average Bonchev–Trinajstić information content (AvgIpc) is 3.25. The molecule has 4 rings (SSSR count). The second kappa shape index (κ2) is 7.45. The second-order valence-corrected chi connectivity index (χ2v) is 8.50. The first-order valence-electron chi connectivity index (χ1n) is 9.49. The number of aryl methyl sites for hydroxylation is 2. The van der Waals surface area contributed by atoms with Crippen LogP contribution in [-0.2, 0) is 19.5 Å². The number of hydrogen-bond donors (Lipinski definition) is 0. The van der Waals surface area contributed by atoms with Crippen LogP contribution in [-0.4, -0.2) is 40.5 Å². The molecule has 0 saturated carbocycles. The number of nitriles is 1. The fourth-order valence-electron chi connectivity index (χ4n) is 4.08. The second-order valence-electron chi connectivity index (χ2n) is 7.53. The molecule has 2 aromatic rings. The van der Waals surface area contributed by atoms with Crippen molar-refractivity contribution in [2.45, 2.75) is 46.2 Å². The number of carbonyl (C=O) groups excluding carboxylic acids is 1. The van der Waals surface area contributed by atoms with Crippen molar-refractivity contribution < 1.29 is 9.32 Å². The van der Waals surface area contributed by atoms with E-state index in [4.69, 9.17) is 4.52 Å². The highest BCUT2D eigenvalue weighted by Gasteiger charge is 2.29. The Morgan fingerprint density at radius 1 is 1.44 bits per heavy atom. The van der Waals surface area contributed by atoms with Crippen molar-refractivity contribution in [1.82, 2.24) is 15.0 Å². The molecule has 0 aromatic carbocycles. The van der Waals surface area contributed by atoms with Crippen molar-refractivity contribution in [3.8, 4) is 6.07 Å². The van der Waals surface area contributed by atoms with Crippen LogP contribution in [0.5, 0.6) is 0 Å². The molecule has 0 bridgehead atoms. The minimum absolute atomic E-state index is 0.0253. The zero-order chi connectivity index (χ0) is 19.0. The molecular weight excluding hydrogens is 360 g/mol. The molecule has 2 aliphatic rings. The van der Waals surface area contributed by atoms with Crippen LogP contribution in [0, 0.1) is 31.1 Å². The Balaban J connectivity index is 1.47. The molecule has 0 radical (unpaired) electrons. The highest BCUT2D eigenvalue weighted by atomic mass is 32.1. The number of rotatable bonds is 3. The Bertz CT molecular complexity index is 875. The van der Waals surface area contributed by atoms with E-state index in [1.807, 2.05) is 24.1 Å². The molecular formula is C20H24N4O2S. The van der Waals surface area contributed by atoms with Gasteiger partial charge in [-0.15, -0.1) is 11.3 Å². The van der Waals surface area contributed by atoms with Gasteiger partial charge in [0.05, 0.1) is 23.2 Å². The van der Waals surface area contributed by atoms with Crippen molar-refractivity contribution in [2.24, 2.45) is 5.92 Å². The topological polar surface area (TPSA) is 73.4 Å². The quantitative estimate of drug-likeness (QED) is 0.812. The third-order valence-corrected chi connectivity index (χ3v) is 6.72. The van der Waals surface area contributed by atoms with Crippen molar-refractivity contribution in [2.75, 3.05) is 19.6 Å². The molecule has 1 atom stereocenters. The van der Waals surface area contributed by atoms with Crippen molar-refractivity contribution >= 4 is 17.2 Å². The van der Waals surface area contributed by atoms with Crippen LogP contribution >= 0.6 is 11.3 Å². The van der Waals surface area contributed by atoms with Gasteiger partial charge in [0.15, 0.2) is 0 Å². The first-order chi connectivity index (χ1) is 13.1. The van der Waals surface area contributed by atoms with Gasteiger partial charge in [-0.1, -0.05) is 5.16 Å². The van der Waals surface area contributed by atoms with E-state index >= 15 is 0 Å². The number of likely N-dealkylation sites (tertiary alicyclic amines) is 1. The van der Waals surface area contributed by atoms with Gasteiger partial charge >= 0.3 is 0 Å². The minimum atomic E-state index is -0.0253. The smallest absolute Gasteiger partial charge is 0.255 e. The summed E-state index contributed by atoms with van der Waals surface area (Å²) in [6.45, 7) is 7.89. The number of amides is 1. The van der Waals surface area contributed by atoms with Crippen molar-refractivity contribution in [3.05, 3.63) is 38.4 Å². The lowest BCUT2D eigenvalue weighted by atomic mass is 9.97. The number of thiophene rings is 1. The lowest BCUT2D eigenvalue weighted by Crippen LogP contribution is -2.40. The van der Waals surface area contributed by atoms with Gasteiger partial charge in [0.2, 0.25) is 0 Å².